The molecule has 0 aromatic heterocycles. The van der Waals surface area contributed by atoms with Gasteiger partial charge in [0.05, 0.1) is 18.6 Å². The van der Waals surface area contributed by atoms with Gasteiger partial charge in [0.25, 0.3) is 0 Å². The number of hydroxylamine groups is 1. The highest BCUT2D eigenvalue weighted by Gasteiger charge is 2.39. The average molecular weight is 168 g/mol. The molecule has 4 nitrogen and oxygen atoms in total. The number of rotatable bonds is 3. The molecule has 0 saturated heterocycles. The third-order valence-electron chi connectivity index (χ3n) is 2.26. The van der Waals surface area contributed by atoms with Gasteiger partial charge in [0, 0.05) is 6.42 Å². The maximum absolute atomic E-state index is 11.0. The Hall–Kier alpha value is -1.08. The number of carbonyl (C=O) groups excluding carboxylic acids is 1. The van der Waals surface area contributed by atoms with Crippen LogP contribution in [-0.4, -0.2) is 13.0 Å². The Balaban J connectivity index is 2.39. The van der Waals surface area contributed by atoms with Crippen molar-refractivity contribution in [3.8, 4) is 6.07 Å². The molecule has 1 fully saturated rings. The monoisotopic (exact) mass is 168 g/mol. The first-order valence-electron chi connectivity index (χ1n) is 3.95. The minimum Gasteiger partial charge on any atom is -0.277 e. The molecule has 0 bridgehead atoms. The van der Waals surface area contributed by atoms with Gasteiger partial charge in [-0.15, -0.1) is 0 Å². The zero-order valence-corrected chi connectivity index (χ0v) is 7.09. The van der Waals surface area contributed by atoms with Crippen LogP contribution in [0.3, 0.4) is 0 Å². The lowest BCUT2D eigenvalue weighted by Crippen LogP contribution is -2.35. The van der Waals surface area contributed by atoms with Crippen molar-refractivity contribution >= 4 is 5.91 Å². The third kappa shape index (κ3) is 1.74. The molecule has 0 atom stereocenters. The van der Waals surface area contributed by atoms with E-state index in [2.05, 4.69) is 16.4 Å². The number of nitrogens with zero attached hydrogens (tertiary/aromatic N) is 1. The van der Waals surface area contributed by atoms with Gasteiger partial charge in [-0.3, -0.25) is 9.63 Å². The van der Waals surface area contributed by atoms with Crippen LogP contribution in [0.4, 0.5) is 0 Å². The summed E-state index contributed by atoms with van der Waals surface area (Å²) in [6, 6.07) is 2.19. The van der Waals surface area contributed by atoms with Crippen LogP contribution in [-0.2, 0) is 9.63 Å². The second kappa shape index (κ2) is 3.55. The van der Waals surface area contributed by atoms with Crippen molar-refractivity contribution in [2.75, 3.05) is 7.11 Å². The number of hydrogen-bond acceptors (Lipinski definition) is 3. The van der Waals surface area contributed by atoms with E-state index < -0.39 is 5.41 Å². The topological polar surface area (TPSA) is 62.1 Å². The summed E-state index contributed by atoms with van der Waals surface area (Å²) in [6.45, 7) is 0. The molecule has 1 N–H and O–H groups in total. The predicted octanol–water partition coefficient (Wildman–Crippen LogP) is 0.748. The predicted molar refractivity (Wildman–Crippen MR) is 41.7 cm³/mol. The van der Waals surface area contributed by atoms with Gasteiger partial charge in [0.1, 0.15) is 0 Å². The second-order valence-electron chi connectivity index (χ2n) is 3.15. The van der Waals surface area contributed by atoms with Crippen molar-refractivity contribution in [1.29, 1.82) is 5.26 Å². The van der Waals surface area contributed by atoms with E-state index >= 15 is 0 Å². The fourth-order valence-electron chi connectivity index (χ4n) is 1.39. The van der Waals surface area contributed by atoms with E-state index in [0.29, 0.717) is 0 Å². The molecule has 12 heavy (non-hydrogen) atoms. The van der Waals surface area contributed by atoms with Crippen LogP contribution in [0.25, 0.3) is 0 Å². The Labute approximate surface area is 71.5 Å². The van der Waals surface area contributed by atoms with Crippen molar-refractivity contribution < 1.29 is 9.63 Å². The second-order valence-corrected chi connectivity index (χ2v) is 3.15. The molecule has 1 amide bonds. The van der Waals surface area contributed by atoms with Crippen LogP contribution < -0.4 is 5.48 Å². The van der Waals surface area contributed by atoms with Crippen molar-refractivity contribution in [1.82, 2.24) is 5.48 Å². The van der Waals surface area contributed by atoms with E-state index in [9.17, 15) is 4.79 Å². The number of amides is 1. The summed E-state index contributed by atoms with van der Waals surface area (Å²) < 4.78 is 0. The molecule has 1 saturated carbocycles. The van der Waals surface area contributed by atoms with E-state index in [4.69, 9.17) is 5.26 Å². The van der Waals surface area contributed by atoms with Crippen molar-refractivity contribution in [2.24, 2.45) is 5.41 Å². The summed E-state index contributed by atoms with van der Waals surface area (Å²) in [5, 5.41) is 8.78. The van der Waals surface area contributed by atoms with E-state index in [0.717, 1.165) is 19.3 Å². The molecular weight excluding hydrogens is 156 g/mol. The van der Waals surface area contributed by atoms with E-state index in [1.54, 1.807) is 0 Å². The fraction of sp³-hybridized carbons (Fsp3) is 0.750. The van der Waals surface area contributed by atoms with Gasteiger partial charge in [-0.05, 0) is 12.8 Å². The smallest absolute Gasteiger partial charge is 0.245 e. The highest BCUT2D eigenvalue weighted by atomic mass is 16.6. The quantitative estimate of drug-likeness (QED) is 0.632. The number of carbonyl (C=O) groups is 1. The van der Waals surface area contributed by atoms with E-state index in [1.165, 1.54) is 7.11 Å². The van der Waals surface area contributed by atoms with Crippen LogP contribution in [0, 0.1) is 16.7 Å². The summed E-state index contributed by atoms with van der Waals surface area (Å²) in [4.78, 5) is 15.5. The average Bonchev–Trinajstić information content (AvgIpc) is 1.97. The lowest BCUT2D eigenvalue weighted by molar-refractivity contribution is -0.134. The molecule has 66 valence electrons. The molecule has 1 aliphatic rings. The first-order chi connectivity index (χ1) is 5.72. The van der Waals surface area contributed by atoms with E-state index in [-0.39, 0.29) is 12.3 Å². The number of nitriles is 1. The molecule has 0 aromatic rings. The number of nitrogens with one attached hydrogen (secondary N) is 1. The van der Waals surface area contributed by atoms with Gasteiger partial charge in [-0.2, -0.15) is 5.26 Å². The Kier molecular flexibility index (Phi) is 2.66. The standard InChI is InChI=1S/C8H12N2O2/c1-12-10-7(11)5-8(6-9)3-2-4-8/h2-5H2,1H3,(H,10,11). The largest absolute Gasteiger partial charge is 0.277 e. The lowest BCUT2D eigenvalue weighted by atomic mass is 9.68. The summed E-state index contributed by atoms with van der Waals surface area (Å²) >= 11 is 0. The molecule has 0 aliphatic heterocycles. The highest BCUT2D eigenvalue weighted by Crippen LogP contribution is 2.43. The summed E-state index contributed by atoms with van der Waals surface area (Å²) in [7, 11) is 1.39. The van der Waals surface area contributed by atoms with Gasteiger partial charge in [-0.1, -0.05) is 6.42 Å². The van der Waals surface area contributed by atoms with Crippen LogP contribution >= 0.6 is 0 Å². The minimum absolute atomic E-state index is 0.209. The zero-order chi connectivity index (χ0) is 9.03. The first-order valence-corrected chi connectivity index (χ1v) is 3.95. The molecular formula is C8H12N2O2. The number of hydrogen-bond donors (Lipinski definition) is 1. The summed E-state index contributed by atoms with van der Waals surface area (Å²) in [5.74, 6) is -0.209. The van der Waals surface area contributed by atoms with Crippen molar-refractivity contribution in [2.45, 2.75) is 25.7 Å². The van der Waals surface area contributed by atoms with Crippen molar-refractivity contribution in [3.63, 3.8) is 0 Å². The maximum Gasteiger partial charge on any atom is 0.245 e. The Morgan fingerprint density at radius 3 is 2.75 bits per heavy atom. The molecule has 4 heteroatoms. The first kappa shape index (κ1) is 9.01. The summed E-state index contributed by atoms with van der Waals surface area (Å²) in [6.07, 6.45) is 2.98. The lowest BCUT2D eigenvalue weighted by Gasteiger charge is -2.34. The Bertz CT molecular complexity index is 216. The molecule has 1 aliphatic carbocycles. The van der Waals surface area contributed by atoms with Crippen LogP contribution in [0.15, 0.2) is 0 Å². The van der Waals surface area contributed by atoms with Gasteiger partial charge in [-0.25, -0.2) is 5.48 Å². The maximum atomic E-state index is 11.0. The van der Waals surface area contributed by atoms with Gasteiger partial charge in [0.15, 0.2) is 0 Å². The van der Waals surface area contributed by atoms with Gasteiger partial charge < -0.3 is 0 Å². The van der Waals surface area contributed by atoms with Gasteiger partial charge in [0.2, 0.25) is 5.91 Å². The molecule has 0 unspecified atom stereocenters. The SMILES string of the molecule is CONC(=O)CC1(C#N)CCC1. The van der Waals surface area contributed by atoms with E-state index in [1.807, 2.05) is 0 Å². The van der Waals surface area contributed by atoms with Gasteiger partial charge >= 0.3 is 0 Å². The summed E-state index contributed by atoms with van der Waals surface area (Å²) in [5.41, 5.74) is 1.81. The Morgan fingerprint density at radius 2 is 2.42 bits per heavy atom. The Morgan fingerprint density at radius 1 is 1.75 bits per heavy atom. The van der Waals surface area contributed by atoms with Crippen LogP contribution in [0.2, 0.25) is 0 Å². The third-order valence-corrected chi connectivity index (χ3v) is 2.26. The van der Waals surface area contributed by atoms with Crippen molar-refractivity contribution in [3.05, 3.63) is 0 Å². The fourth-order valence-corrected chi connectivity index (χ4v) is 1.39. The van der Waals surface area contributed by atoms with Crippen LogP contribution in [0.1, 0.15) is 25.7 Å². The molecule has 0 radical (unpaired) electrons. The normalized spacial score (nSPS) is 19.0. The molecule has 1 rings (SSSR count). The molecule has 0 spiro atoms. The minimum atomic E-state index is -0.400. The highest BCUT2D eigenvalue weighted by molar-refractivity contribution is 5.76. The molecule has 0 heterocycles. The van der Waals surface area contributed by atoms with Crippen LogP contribution in [0.5, 0.6) is 0 Å². The zero-order valence-electron chi connectivity index (χ0n) is 7.09. The molecule has 0 aromatic carbocycles.